The van der Waals surface area contributed by atoms with Crippen LogP contribution in [0.4, 0.5) is 5.82 Å². The van der Waals surface area contributed by atoms with Gasteiger partial charge in [-0.15, -0.1) is 0 Å². The standard InChI is InChI=1S/C7H10N4/c1-5-7(9-4-8-3)11-6(2)10-5/h4H,3H2,1-2H3,(H,10,11). The molecule has 1 N–H and O–H groups in total. The van der Waals surface area contributed by atoms with Crippen LogP contribution < -0.4 is 0 Å². The molecule has 0 unspecified atom stereocenters. The minimum Gasteiger partial charge on any atom is -0.344 e. The Hall–Kier alpha value is -1.45. The molecule has 0 aliphatic carbocycles. The number of hydrogen-bond donors (Lipinski definition) is 1. The molecule has 0 atom stereocenters. The number of aryl methyl sites for hydroxylation is 2. The maximum Gasteiger partial charge on any atom is 0.174 e. The molecule has 4 nitrogen and oxygen atoms in total. The zero-order chi connectivity index (χ0) is 8.27. The molecule has 0 aliphatic heterocycles. The highest BCUT2D eigenvalue weighted by molar-refractivity contribution is 5.65. The number of aromatic nitrogens is 2. The van der Waals surface area contributed by atoms with Crippen molar-refractivity contribution in [3.05, 3.63) is 11.5 Å². The number of nitrogens with one attached hydrogen (secondary N) is 1. The summed E-state index contributed by atoms with van der Waals surface area (Å²) in [6.45, 7) is 7.07. The second kappa shape index (κ2) is 3.09. The lowest BCUT2D eigenvalue weighted by molar-refractivity contribution is 1.13. The Morgan fingerprint density at radius 1 is 1.55 bits per heavy atom. The van der Waals surface area contributed by atoms with Gasteiger partial charge in [-0.05, 0) is 20.6 Å². The van der Waals surface area contributed by atoms with E-state index < -0.39 is 0 Å². The van der Waals surface area contributed by atoms with Gasteiger partial charge in [-0.1, -0.05) is 0 Å². The number of rotatable bonds is 2. The zero-order valence-electron chi connectivity index (χ0n) is 6.63. The van der Waals surface area contributed by atoms with Crippen LogP contribution in [0.3, 0.4) is 0 Å². The highest BCUT2D eigenvalue weighted by Crippen LogP contribution is 2.12. The van der Waals surface area contributed by atoms with E-state index in [1.165, 1.54) is 6.34 Å². The first-order chi connectivity index (χ1) is 5.24. The second-order valence-corrected chi connectivity index (χ2v) is 2.20. The molecule has 1 aromatic heterocycles. The fourth-order valence-corrected chi connectivity index (χ4v) is 0.819. The predicted molar refractivity (Wildman–Crippen MR) is 45.8 cm³/mol. The third-order valence-corrected chi connectivity index (χ3v) is 1.24. The van der Waals surface area contributed by atoms with Crippen molar-refractivity contribution >= 4 is 18.9 Å². The van der Waals surface area contributed by atoms with E-state index in [9.17, 15) is 0 Å². The summed E-state index contributed by atoms with van der Waals surface area (Å²) < 4.78 is 0. The lowest BCUT2D eigenvalue weighted by atomic mass is 10.5. The normalized spacial score (nSPS) is 10.7. The molecule has 0 spiro atoms. The third kappa shape index (κ3) is 1.73. The summed E-state index contributed by atoms with van der Waals surface area (Å²) >= 11 is 0. The van der Waals surface area contributed by atoms with E-state index in [4.69, 9.17) is 0 Å². The number of nitrogens with zero attached hydrogens (tertiary/aromatic N) is 3. The van der Waals surface area contributed by atoms with Crippen LogP contribution in [-0.2, 0) is 0 Å². The van der Waals surface area contributed by atoms with Crippen molar-refractivity contribution in [2.75, 3.05) is 0 Å². The van der Waals surface area contributed by atoms with Gasteiger partial charge in [0.05, 0.1) is 5.69 Å². The van der Waals surface area contributed by atoms with Gasteiger partial charge in [0.1, 0.15) is 12.2 Å². The first-order valence-electron chi connectivity index (χ1n) is 3.25. The van der Waals surface area contributed by atoms with Crippen molar-refractivity contribution in [1.82, 2.24) is 9.97 Å². The predicted octanol–water partition coefficient (Wildman–Crippen LogP) is 1.39. The van der Waals surface area contributed by atoms with Crippen LogP contribution in [0.2, 0.25) is 0 Å². The van der Waals surface area contributed by atoms with E-state index in [1.54, 1.807) is 0 Å². The molecule has 1 rings (SSSR count). The van der Waals surface area contributed by atoms with E-state index in [-0.39, 0.29) is 0 Å². The molecule has 0 saturated heterocycles. The molecule has 0 aromatic carbocycles. The zero-order valence-corrected chi connectivity index (χ0v) is 6.63. The molecule has 11 heavy (non-hydrogen) atoms. The van der Waals surface area contributed by atoms with Crippen molar-refractivity contribution in [1.29, 1.82) is 0 Å². The van der Waals surface area contributed by atoms with Crippen molar-refractivity contribution < 1.29 is 0 Å². The van der Waals surface area contributed by atoms with Gasteiger partial charge in [-0.2, -0.15) is 0 Å². The lowest BCUT2D eigenvalue weighted by Gasteiger charge is -1.83. The summed E-state index contributed by atoms with van der Waals surface area (Å²) in [5.41, 5.74) is 0.947. The van der Waals surface area contributed by atoms with Gasteiger partial charge >= 0.3 is 0 Å². The maximum absolute atomic E-state index is 4.11. The smallest absolute Gasteiger partial charge is 0.174 e. The Kier molecular flexibility index (Phi) is 2.15. The van der Waals surface area contributed by atoms with Gasteiger partial charge in [0.2, 0.25) is 0 Å². The third-order valence-electron chi connectivity index (χ3n) is 1.24. The summed E-state index contributed by atoms with van der Waals surface area (Å²) in [7, 11) is 0. The van der Waals surface area contributed by atoms with Gasteiger partial charge < -0.3 is 4.98 Å². The Balaban J connectivity index is 2.93. The summed E-state index contributed by atoms with van der Waals surface area (Å²) in [4.78, 5) is 14.6. The number of hydrogen-bond acceptors (Lipinski definition) is 2. The van der Waals surface area contributed by atoms with E-state index in [1.807, 2.05) is 13.8 Å². The Bertz CT molecular complexity index is 285. The number of aromatic amines is 1. The van der Waals surface area contributed by atoms with Gasteiger partial charge in [0, 0.05) is 0 Å². The first kappa shape index (κ1) is 7.65. The van der Waals surface area contributed by atoms with Gasteiger partial charge in [0.25, 0.3) is 0 Å². The Labute approximate surface area is 65.1 Å². The summed E-state index contributed by atoms with van der Waals surface area (Å²) in [5.74, 6) is 1.54. The summed E-state index contributed by atoms with van der Waals surface area (Å²) in [6.07, 6.45) is 1.38. The largest absolute Gasteiger partial charge is 0.344 e. The molecule has 0 radical (unpaired) electrons. The van der Waals surface area contributed by atoms with Crippen molar-refractivity contribution in [3.63, 3.8) is 0 Å². The number of H-pyrrole nitrogens is 1. The maximum atomic E-state index is 4.11. The SMILES string of the molecule is C=NC=Nc1nc(C)[nH]c1C. The van der Waals surface area contributed by atoms with Crippen LogP contribution in [-0.4, -0.2) is 23.0 Å². The van der Waals surface area contributed by atoms with Crippen LogP contribution in [0.1, 0.15) is 11.5 Å². The molecule has 1 heterocycles. The molecule has 4 heteroatoms. The summed E-state index contributed by atoms with van der Waals surface area (Å²) in [5, 5.41) is 0. The van der Waals surface area contributed by atoms with Crippen molar-refractivity contribution in [3.8, 4) is 0 Å². The van der Waals surface area contributed by atoms with Crippen LogP contribution >= 0.6 is 0 Å². The molecule has 0 amide bonds. The highest BCUT2D eigenvalue weighted by atomic mass is 15.0. The van der Waals surface area contributed by atoms with Crippen molar-refractivity contribution in [2.24, 2.45) is 9.98 Å². The number of imidazole rings is 1. The van der Waals surface area contributed by atoms with Crippen LogP contribution in [0.5, 0.6) is 0 Å². The van der Waals surface area contributed by atoms with Crippen LogP contribution in [0.15, 0.2) is 9.98 Å². The molecule has 0 fully saturated rings. The lowest BCUT2D eigenvalue weighted by Crippen LogP contribution is -1.70. The van der Waals surface area contributed by atoms with E-state index in [2.05, 4.69) is 26.7 Å². The van der Waals surface area contributed by atoms with Crippen molar-refractivity contribution in [2.45, 2.75) is 13.8 Å². The quantitative estimate of drug-likeness (QED) is 0.502. The average Bonchev–Trinajstić information content (AvgIpc) is 2.26. The highest BCUT2D eigenvalue weighted by Gasteiger charge is 1.99. The van der Waals surface area contributed by atoms with E-state index >= 15 is 0 Å². The minimum atomic E-state index is 0.676. The van der Waals surface area contributed by atoms with Crippen LogP contribution in [0, 0.1) is 13.8 Å². The monoisotopic (exact) mass is 150 g/mol. The average molecular weight is 150 g/mol. The topological polar surface area (TPSA) is 53.4 Å². The fraction of sp³-hybridized carbons (Fsp3) is 0.286. The summed E-state index contributed by atoms with van der Waals surface area (Å²) in [6, 6.07) is 0. The Morgan fingerprint density at radius 3 is 2.73 bits per heavy atom. The van der Waals surface area contributed by atoms with Gasteiger partial charge in [0.15, 0.2) is 5.82 Å². The molecular weight excluding hydrogens is 140 g/mol. The van der Waals surface area contributed by atoms with Gasteiger partial charge in [-0.3, -0.25) is 4.99 Å². The minimum absolute atomic E-state index is 0.676. The van der Waals surface area contributed by atoms with E-state index in [0.29, 0.717) is 5.82 Å². The Morgan fingerprint density at radius 2 is 2.27 bits per heavy atom. The molecule has 1 aromatic rings. The number of aliphatic imine (C=N–C) groups is 2. The molecule has 0 aliphatic rings. The molecule has 0 bridgehead atoms. The fourth-order valence-electron chi connectivity index (χ4n) is 0.819. The van der Waals surface area contributed by atoms with E-state index in [0.717, 1.165) is 11.5 Å². The molecule has 0 saturated carbocycles. The van der Waals surface area contributed by atoms with Crippen LogP contribution in [0.25, 0.3) is 0 Å². The molecular formula is C7H10N4. The first-order valence-corrected chi connectivity index (χ1v) is 3.25. The van der Waals surface area contributed by atoms with Gasteiger partial charge in [-0.25, -0.2) is 9.98 Å². The molecule has 58 valence electrons. The second-order valence-electron chi connectivity index (χ2n) is 2.20.